The first-order chi connectivity index (χ1) is 4.63. The predicted octanol–water partition coefficient (Wildman–Crippen LogP) is -3.03. The summed E-state index contributed by atoms with van der Waals surface area (Å²) in [6, 6.07) is 0. The van der Waals surface area contributed by atoms with Crippen LogP contribution in [0.2, 0.25) is 0 Å². The Hall–Kier alpha value is 0.320. The quantitative estimate of drug-likeness (QED) is 0.343. The van der Waals surface area contributed by atoms with Gasteiger partial charge < -0.3 is 9.12 Å². The van der Waals surface area contributed by atoms with E-state index in [4.69, 9.17) is 0 Å². The molecule has 1 unspecified atom stereocenters. The van der Waals surface area contributed by atoms with Crippen LogP contribution in [0, 0.1) is 6.92 Å². The average Bonchev–Trinajstić information content (AvgIpc) is 2.14. The molecule has 0 fully saturated rings. The van der Waals surface area contributed by atoms with Gasteiger partial charge in [-0.1, -0.05) is 0 Å². The third kappa shape index (κ3) is 2.38. The minimum absolute atomic E-state index is 0. The summed E-state index contributed by atoms with van der Waals surface area (Å²) in [7, 11) is 1.66. The largest absolute Gasteiger partial charge is 1.00 e. The molecule has 4 nitrogen and oxygen atoms in total. The van der Waals surface area contributed by atoms with Crippen molar-refractivity contribution in [1.82, 2.24) is 9.55 Å². The van der Waals surface area contributed by atoms with Crippen LogP contribution >= 0.6 is 0 Å². The summed E-state index contributed by atoms with van der Waals surface area (Å²) in [5, 5.41) is 0.220. The van der Waals surface area contributed by atoms with Crippen molar-refractivity contribution in [2.45, 2.75) is 11.9 Å². The molecule has 1 aromatic rings. The molecule has 1 aromatic heterocycles. The van der Waals surface area contributed by atoms with Crippen molar-refractivity contribution in [3.05, 3.63) is 12.0 Å². The molecular formula is C5H7N2NaO2S. The van der Waals surface area contributed by atoms with E-state index in [0.717, 1.165) is 0 Å². The normalized spacial score (nSPS) is 12.3. The molecule has 1 rings (SSSR count). The molecule has 0 bridgehead atoms. The van der Waals surface area contributed by atoms with Crippen LogP contribution in [0.5, 0.6) is 0 Å². The Morgan fingerprint density at radius 3 is 2.45 bits per heavy atom. The number of aryl methyl sites for hydroxylation is 1. The monoisotopic (exact) mass is 182 g/mol. The van der Waals surface area contributed by atoms with E-state index in [1.165, 1.54) is 10.8 Å². The van der Waals surface area contributed by atoms with E-state index in [1.54, 1.807) is 14.0 Å². The van der Waals surface area contributed by atoms with E-state index in [9.17, 15) is 8.76 Å². The summed E-state index contributed by atoms with van der Waals surface area (Å²) < 4.78 is 22.3. The number of imidazole rings is 1. The molecule has 0 saturated carbocycles. The molecule has 11 heavy (non-hydrogen) atoms. The fourth-order valence-electron chi connectivity index (χ4n) is 0.636. The average molecular weight is 182 g/mol. The van der Waals surface area contributed by atoms with Gasteiger partial charge in [0, 0.05) is 7.05 Å². The van der Waals surface area contributed by atoms with Crippen LogP contribution in [-0.2, 0) is 18.1 Å². The Kier molecular flexibility index (Phi) is 4.50. The topological polar surface area (TPSA) is 57.9 Å². The van der Waals surface area contributed by atoms with E-state index in [-0.39, 0.29) is 34.6 Å². The van der Waals surface area contributed by atoms with Crippen LogP contribution in [0.1, 0.15) is 5.82 Å². The van der Waals surface area contributed by atoms with Gasteiger partial charge in [-0.2, -0.15) is 0 Å². The molecule has 0 amide bonds. The fourth-order valence-corrected chi connectivity index (χ4v) is 1.13. The molecule has 0 radical (unpaired) electrons. The number of aromatic nitrogens is 2. The Morgan fingerprint density at radius 1 is 1.73 bits per heavy atom. The number of hydrogen-bond donors (Lipinski definition) is 0. The minimum atomic E-state index is -2.17. The smallest absolute Gasteiger partial charge is 0.767 e. The predicted molar refractivity (Wildman–Crippen MR) is 35.1 cm³/mol. The molecule has 0 spiro atoms. The van der Waals surface area contributed by atoms with Crippen molar-refractivity contribution in [3.8, 4) is 0 Å². The molecule has 0 N–H and O–H groups in total. The molecule has 0 aromatic carbocycles. The van der Waals surface area contributed by atoms with Crippen LogP contribution in [0.25, 0.3) is 0 Å². The summed E-state index contributed by atoms with van der Waals surface area (Å²) in [6.07, 6.45) is 1.33. The van der Waals surface area contributed by atoms with Crippen molar-refractivity contribution in [2.75, 3.05) is 0 Å². The molecule has 0 aliphatic rings. The minimum Gasteiger partial charge on any atom is -0.767 e. The third-order valence-corrected chi connectivity index (χ3v) is 2.07. The number of rotatable bonds is 1. The van der Waals surface area contributed by atoms with Gasteiger partial charge in [-0.05, 0) is 18.0 Å². The summed E-state index contributed by atoms with van der Waals surface area (Å²) in [6.45, 7) is 1.75. The van der Waals surface area contributed by atoms with Gasteiger partial charge in [0.25, 0.3) is 0 Å². The molecule has 0 saturated heterocycles. The second-order valence-corrected chi connectivity index (χ2v) is 2.83. The van der Waals surface area contributed by atoms with Crippen molar-refractivity contribution in [1.29, 1.82) is 0 Å². The van der Waals surface area contributed by atoms with Gasteiger partial charge >= 0.3 is 29.6 Å². The van der Waals surface area contributed by atoms with Gasteiger partial charge in [0.1, 0.15) is 10.9 Å². The molecule has 1 heterocycles. The SMILES string of the molecule is Cc1ncc(S(=O)[O-])n1C.[Na+]. The second-order valence-electron chi connectivity index (χ2n) is 1.94. The standard InChI is InChI=1S/C5H8N2O2S.Na/c1-4-6-3-5(7(4)2)10(8)9;/h3H,1-2H3,(H,8,9);/q;+1/p-1. The second kappa shape index (κ2) is 4.37. The van der Waals surface area contributed by atoms with Crippen molar-refractivity contribution < 1.29 is 38.3 Å². The molecule has 1 atom stereocenters. The zero-order chi connectivity index (χ0) is 7.72. The van der Waals surface area contributed by atoms with E-state index >= 15 is 0 Å². The maximum Gasteiger partial charge on any atom is 1.00 e. The van der Waals surface area contributed by atoms with Crippen LogP contribution in [0.4, 0.5) is 0 Å². The summed E-state index contributed by atoms with van der Waals surface area (Å²) in [4.78, 5) is 3.81. The Labute approximate surface area is 89.6 Å². The van der Waals surface area contributed by atoms with Gasteiger partial charge in [0.05, 0.1) is 6.20 Å². The molecule has 56 valence electrons. The first kappa shape index (κ1) is 11.3. The Morgan fingerprint density at radius 2 is 2.27 bits per heavy atom. The fraction of sp³-hybridized carbons (Fsp3) is 0.400. The summed E-state index contributed by atoms with van der Waals surface area (Å²) in [5.74, 6) is 0.694. The van der Waals surface area contributed by atoms with Gasteiger partial charge in [0.15, 0.2) is 0 Å². The van der Waals surface area contributed by atoms with E-state index < -0.39 is 11.1 Å². The zero-order valence-electron chi connectivity index (χ0n) is 6.70. The zero-order valence-corrected chi connectivity index (χ0v) is 9.51. The van der Waals surface area contributed by atoms with Crippen LogP contribution in [0.3, 0.4) is 0 Å². The molecule has 0 aliphatic heterocycles. The van der Waals surface area contributed by atoms with Gasteiger partial charge in [-0.25, -0.2) is 4.98 Å². The van der Waals surface area contributed by atoms with E-state index in [2.05, 4.69) is 4.98 Å². The van der Waals surface area contributed by atoms with Crippen molar-refractivity contribution in [2.24, 2.45) is 7.05 Å². The van der Waals surface area contributed by atoms with E-state index in [0.29, 0.717) is 5.82 Å². The van der Waals surface area contributed by atoms with Gasteiger partial charge in [-0.15, -0.1) is 0 Å². The van der Waals surface area contributed by atoms with Crippen LogP contribution in [0.15, 0.2) is 11.2 Å². The first-order valence-electron chi connectivity index (χ1n) is 2.70. The molecular weight excluding hydrogens is 175 g/mol. The van der Waals surface area contributed by atoms with E-state index in [1.807, 2.05) is 0 Å². The third-order valence-electron chi connectivity index (χ3n) is 1.35. The summed E-state index contributed by atoms with van der Waals surface area (Å²) >= 11 is -2.17. The van der Waals surface area contributed by atoms with Crippen LogP contribution in [-0.4, -0.2) is 18.3 Å². The number of nitrogens with zero attached hydrogens (tertiary/aromatic N) is 2. The van der Waals surface area contributed by atoms with Gasteiger partial charge in [0.2, 0.25) is 0 Å². The van der Waals surface area contributed by atoms with Gasteiger partial charge in [-0.3, -0.25) is 4.21 Å². The number of hydrogen-bond acceptors (Lipinski definition) is 3. The molecule has 6 heteroatoms. The van der Waals surface area contributed by atoms with Crippen LogP contribution < -0.4 is 29.6 Å². The maximum atomic E-state index is 10.4. The summed E-state index contributed by atoms with van der Waals surface area (Å²) in [5.41, 5.74) is 0. The first-order valence-corrected chi connectivity index (χ1v) is 3.78. The van der Waals surface area contributed by atoms with Crippen molar-refractivity contribution in [3.63, 3.8) is 0 Å². The maximum absolute atomic E-state index is 10.4. The Balaban J connectivity index is 0.000001000. The Bertz CT molecular complexity index is 273. The van der Waals surface area contributed by atoms with Crippen molar-refractivity contribution >= 4 is 11.1 Å². The molecule has 0 aliphatic carbocycles.